The molecule has 7 heteroatoms. The number of fused-ring (bicyclic) bond motifs is 1. The van der Waals surface area contributed by atoms with Crippen molar-refractivity contribution in [3.05, 3.63) is 53.7 Å². The largest absolute Gasteiger partial charge is 0.442 e. The number of aryl methyl sites for hydroxylation is 1. The summed E-state index contributed by atoms with van der Waals surface area (Å²) in [6.45, 7) is 10.6. The summed E-state index contributed by atoms with van der Waals surface area (Å²) in [5, 5.41) is 8.81. The van der Waals surface area contributed by atoms with Crippen LogP contribution in [0.1, 0.15) is 44.7 Å². The van der Waals surface area contributed by atoms with Crippen LogP contribution in [0, 0.1) is 6.92 Å². The van der Waals surface area contributed by atoms with Gasteiger partial charge in [-0.1, -0.05) is 12.1 Å². The number of benzene rings is 2. The molecule has 0 bridgehead atoms. The highest BCUT2D eigenvalue weighted by atomic mass is 16.6. The second-order valence-electron chi connectivity index (χ2n) is 9.72. The Morgan fingerprint density at radius 3 is 2.81 bits per heavy atom. The molecule has 1 aliphatic rings. The van der Waals surface area contributed by atoms with Crippen molar-refractivity contribution in [1.29, 1.82) is 0 Å². The Balaban J connectivity index is 1.41. The highest BCUT2D eigenvalue weighted by molar-refractivity contribution is 5.89. The first-order chi connectivity index (χ1) is 15.2. The van der Waals surface area contributed by atoms with Crippen molar-refractivity contribution in [3.8, 4) is 0 Å². The normalized spacial score (nSPS) is 17.4. The molecule has 0 saturated carbocycles. The van der Waals surface area contributed by atoms with E-state index in [1.54, 1.807) is 6.20 Å². The first kappa shape index (κ1) is 22.1. The van der Waals surface area contributed by atoms with Gasteiger partial charge >= 0.3 is 6.09 Å². The second-order valence-corrected chi connectivity index (χ2v) is 9.72. The number of rotatable bonds is 4. The third-order valence-electron chi connectivity index (χ3n) is 5.76. The number of carbonyl (C=O) groups is 1. The van der Waals surface area contributed by atoms with E-state index < -0.39 is 11.7 Å². The molecule has 2 heterocycles. The lowest BCUT2D eigenvalue weighted by Crippen LogP contribution is -2.41. The Kier molecular flexibility index (Phi) is 6.11. The molecule has 1 unspecified atom stereocenters. The van der Waals surface area contributed by atoms with Crippen LogP contribution >= 0.6 is 0 Å². The van der Waals surface area contributed by atoms with Crippen molar-refractivity contribution in [3.63, 3.8) is 0 Å². The highest BCUT2D eigenvalue weighted by Crippen LogP contribution is 2.24. The number of nitrogens with zero attached hydrogens (tertiary/aromatic N) is 3. The quantitative estimate of drug-likeness (QED) is 0.573. The van der Waals surface area contributed by atoms with Crippen LogP contribution in [0.5, 0.6) is 0 Å². The zero-order chi connectivity index (χ0) is 22.9. The molecule has 1 saturated heterocycles. The number of hydrogen-bond donors (Lipinski definition) is 2. The predicted molar refractivity (Wildman–Crippen MR) is 129 cm³/mol. The number of nitrogen functional groups attached to an aromatic ring is 1. The van der Waals surface area contributed by atoms with Crippen LogP contribution in [0.3, 0.4) is 0 Å². The van der Waals surface area contributed by atoms with E-state index in [1.165, 1.54) is 10.2 Å². The number of likely N-dealkylation sites (tertiary alicyclic amines) is 1. The zero-order valence-electron chi connectivity index (χ0n) is 19.4. The second kappa shape index (κ2) is 8.82. The maximum absolute atomic E-state index is 12.4. The average Bonchev–Trinajstić information content (AvgIpc) is 3.13. The van der Waals surface area contributed by atoms with Crippen LogP contribution in [0.25, 0.3) is 10.9 Å². The van der Waals surface area contributed by atoms with Crippen molar-refractivity contribution in [2.24, 2.45) is 0 Å². The Hall–Kier alpha value is -3.06. The van der Waals surface area contributed by atoms with Gasteiger partial charge in [-0.05, 0) is 82.5 Å². The molecule has 7 nitrogen and oxygen atoms in total. The van der Waals surface area contributed by atoms with Gasteiger partial charge in [-0.15, -0.1) is 0 Å². The number of aromatic nitrogens is 2. The van der Waals surface area contributed by atoms with E-state index in [9.17, 15) is 4.79 Å². The minimum atomic E-state index is -0.561. The summed E-state index contributed by atoms with van der Waals surface area (Å²) in [5.74, 6) is 0. The predicted octanol–water partition coefficient (Wildman–Crippen LogP) is 4.79. The van der Waals surface area contributed by atoms with Crippen LogP contribution in [0.2, 0.25) is 0 Å². The molecule has 0 radical (unpaired) electrons. The first-order valence-corrected chi connectivity index (χ1v) is 11.2. The molecular formula is C25H33N5O2. The molecule has 170 valence electrons. The van der Waals surface area contributed by atoms with Gasteiger partial charge in [0.1, 0.15) is 5.60 Å². The van der Waals surface area contributed by atoms with Crippen LogP contribution in [0.4, 0.5) is 16.2 Å². The van der Waals surface area contributed by atoms with Gasteiger partial charge in [0.05, 0.1) is 11.7 Å². The third kappa shape index (κ3) is 5.22. The summed E-state index contributed by atoms with van der Waals surface area (Å²) in [5.41, 5.74) is 10.5. The summed E-state index contributed by atoms with van der Waals surface area (Å²) in [7, 11) is 0. The highest BCUT2D eigenvalue weighted by Gasteiger charge is 2.22. The molecule has 0 aliphatic carbocycles. The summed E-state index contributed by atoms with van der Waals surface area (Å²) < 4.78 is 6.77. The Bertz CT molecular complexity index is 1120. The van der Waals surface area contributed by atoms with Crippen LogP contribution in [-0.2, 0) is 11.3 Å². The number of carbonyl (C=O) groups excluding carboxylic acids is 1. The van der Waals surface area contributed by atoms with Gasteiger partial charge in [0.15, 0.2) is 0 Å². The lowest BCUT2D eigenvalue weighted by Gasteiger charge is -2.33. The number of nitrogens with two attached hydrogens (primary N) is 1. The van der Waals surface area contributed by atoms with Gasteiger partial charge in [-0.25, -0.2) is 4.79 Å². The topological polar surface area (TPSA) is 85.4 Å². The van der Waals surface area contributed by atoms with Gasteiger partial charge in [0.2, 0.25) is 0 Å². The number of hydrogen-bond acceptors (Lipinski definition) is 6. The van der Waals surface area contributed by atoms with Crippen molar-refractivity contribution in [2.45, 2.75) is 58.7 Å². The lowest BCUT2D eigenvalue weighted by molar-refractivity contribution is 0.0522. The van der Waals surface area contributed by atoms with Gasteiger partial charge < -0.3 is 15.8 Å². The Morgan fingerprint density at radius 2 is 2.06 bits per heavy atom. The maximum atomic E-state index is 12.4. The smallest absolute Gasteiger partial charge is 0.435 e. The Morgan fingerprint density at radius 1 is 1.25 bits per heavy atom. The van der Waals surface area contributed by atoms with E-state index in [4.69, 9.17) is 10.5 Å². The monoisotopic (exact) mass is 435 g/mol. The molecule has 1 fully saturated rings. The van der Waals surface area contributed by atoms with E-state index in [0.29, 0.717) is 6.04 Å². The van der Waals surface area contributed by atoms with E-state index >= 15 is 0 Å². The molecule has 3 N–H and O–H groups in total. The van der Waals surface area contributed by atoms with Crippen LogP contribution < -0.4 is 11.1 Å². The van der Waals surface area contributed by atoms with E-state index in [2.05, 4.69) is 33.5 Å². The van der Waals surface area contributed by atoms with Crippen molar-refractivity contribution < 1.29 is 9.53 Å². The van der Waals surface area contributed by atoms with Crippen molar-refractivity contribution in [1.82, 2.24) is 14.7 Å². The minimum Gasteiger partial charge on any atom is -0.442 e. The van der Waals surface area contributed by atoms with Gasteiger partial charge in [-0.3, -0.25) is 4.90 Å². The molecule has 32 heavy (non-hydrogen) atoms. The number of ether oxygens (including phenoxy) is 1. The van der Waals surface area contributed by atoms with Crippen molar-refractivity contribution in [2.75, 3.05) is 24.1 Å². The zero-order valence-corrected chi connectivity index (χ0v) is 19.4. The first-order valence-electron chi connectivity index (χ1n) is 11.2. The van der Waals surface area contributed by atoms with Crippen molar-refractivity contribution >= 4 is 28.4 Å². The lowest BCUT2D eigenvalue weighted by atomic mass is 10.0. The van der Waals surface area contributed by atoms with Crippen LogP contribution in [0.15, 0.2) is 42.6 Å². The van der Waals surface area contributed by atoms with E-state index in [-0.39, 0.29) is 0 Å². The summed E-state index contributed by atoms with van der Waals surface area (Å²) in [6, 6.07) is 12.7. The maximum Gasteiger partial charge on any atom is 0.435 e. The SMILES string of the molecule is Cc1ccc(CN2CCCC(Nc3ccc4c(cnn4C(=O)OC(C)(C)C)c3)C2)cc1N. The summed E-state index contributed by atoms with van der Waals surface area (Å²) in [6.07, 6.45) is 3.52. The number of nitrogens with one attached hydrogen (secondary N) is 1. The molecular weight excluding hydrogens is 402 g/mol. The fraction of sp³-hybridized carbons (Fsp3) is 0.440. The fourth-order valence-corrected chi connectivity index (χ4v) is 4.17. The average molecular weight is 436 g/mol. The van der Waals surface area contributed by atoms with E-state index in [1.807, 2.05) is 45.9 Å². The molecule has 1 aromatic heterocycles. The molecule has 1 atom stereocenters. The Labute approximate surface area is 189 Å². The summed E-state index contributed by atoms with van der Waals surface area (Å²) >= 11 is 0. The molecule has 0 amide bonds. The summed E-state index contributed by atoms with van der Waals surface area (Å²) in [4.78, 5) is 14.9. The molecule has 1 aliphatic heterocycles. The van der Waals surface area contributed by atoms with Gasteiger partial charge in [0.25, 0.3) is 0 Å². The standard InChI is InChI=1S/C25H33N5O2/c1-17-7-8-18(12-22(17)26)15-29-11-5-6-21(16-29)28-20-9-10-23-19(13-20)14-27-30(23)24(31)32-25(2,3)4/h7-10,12-14,21,28H,5-6,11,15-16,26H2,1-4H3. The number of piperidine rings is 1. The van der Waals surface area contributed by atoms with Gasteiger partial charge in [0, 0.05) is 35.9 Å². The minimum absolute atomic E-state index is 0.366. The molecule has 3 aromatic rings. The molecule has 0 spiro atoms. The fourth-order valence-electron chi connectivity index (χ4n) is 4.17. The molecule has 2 aromatic carbocycles. The molecule has 4 rings (SSSR count). The third-order valence-corrected chi connectivity index (χ3v) is 5.76. The van der Waals surface area contributed by atoms with Crippen LogP contribution in [-0.4, -0.2) is 45.5 Å². The van der Waals surface area contributed by atoms with E-state index in [0.717, 1.165) is 60.3 Å². The van der Waals surface area contributed by atoms with Gasteiger partial charge in [-0.2, -0.15) is 9.78 Å². The number of anilines is 2.